The van der Waals surface area contributed by atoms with Crippen molar-refractivity contribution in [1.29, 1.82) is 0 Å². The number of nitrogens with zero attached hydrogens (tertiary/aromatic N) is 1. The first-order valence-electron chi connectivity index (χ1n) is 7.73. The van der Waals surface area contributed by atoms with E-state index in [1.54, 1.807) is 0 Å². The first-order valence-corrected chi connectivity index (χ1v) is 7.73. The molecule has 2 nitrogen and oxygen atoms in total. The highest BCUT2D eigenvalue weighted by Gasteiger charge is 2.33. The van der Waals surface area contributed by atoms with Gasteiger partial charge in [0.2, 0.25) is 0 Å². The minimum absolute atomic E-state index is 0.366. The van der Waals surface area contributed by atoms with Gasteiger partial charge in [-0.05, 0) is 44.6 Å². The molecule has 0 bridgehead atoms. The van der Waals surface area contributed by atoms with Gasteiger partial charge in [0.1, 0.15) is 0 Å². The molecule has 1 heterocycles. The molecule has 1 saturated carbocycles. The zero-order valence-electron chi connectivity index (χ0n) is 11.4. The largest absolute Gasteiger partial charge is 0.396 e. The second-order valence-corrected chi connectivity index (χ2v) is 5.92. The molecule has 2 aliphatic rings. The van der Waals surface area contributed by atoms with Gasteiger partial charge in [0.05, 0.1) is 0 Å². The summed E-state index contributed by atoms with van der Waals surface area (Å²) in [5.74, 6) is 0.919. The van der Waals surface area contributed by atoms with E-state index >= 15 is 0 Å². The van der Waals surface area contributed by atoms with Gasteiger partial charge in [-0.15, -0.1) is 0 Å². The van der Waals surface area contributed by atoms with Crippen LogP contribution in [-0.2, 0) is 0 Å². The standard InChI is InChI=1S/C15H29NO/c1-2-13-7-3-4-9-15(13)16-11-6-5-8-14(16)10-12-17/h13-15,17H,2-12H2,1H3. The molecule has 3 atom stereocenters. The lowest BCUT2D eigenvalue weighted by Crippen LogP contribution is -2.50. The van der Waals surface area contributed by atoms with Crippen molar-refractivity contribution in [3.63, 3.8) is 0 Å². The van der Waals surface area contributed by atoms with Gasteiger partial charge in [0.15, 0.2) is 0 Å². The summed E-state index contributed by atoms with van der Waals surface area (Å²) >= 11 is 0. The topological polar surface area (TPSA) is 23.5 Å². The average Bonchev–Trinajstić information content (AvgIpc) is 2.40. The van der Waals surface area contributed by atoms with Crippen LogP contribution >= 0.6 is 0 Å². The highest BCUT2D eigenvalue weighted by atomic mass is 16.3. The van der Waals surface area contributed by atoms with Gasteiger partial charge in [0.25, 0.3) is 0 Å². The number of hydrogen-bond donors (Lipinski definition) is 1. The molecular weight excluding hydrogens is 210 g/mol. The fraction of sp³-hybridized carbons (Fsp3) is 1.00. The van der Waals surface area contributed by atoms with E-state index in [4.69, 9.17) is 0 Å². The van der Waals surface area contributed by atoms with Crippen molar-refractivity contribution in [2.24, 2.45) is 5.92 Å². The Kier molecular flexibility index (Phi) is 5.30. The molecule has 2 fully saturated rings. The molecule has 1 aliphatic heterocycles. The van der Waals surface area contributed by atoms with Crippen LogP contribution in [0.3, 0.4) is 0 Å². The molecule has 1 saturated heterocycles. The summed E-state index contributed by atoms with van der Waals surface area (Å²) in [6, 6.07) is 1.50. The van der Waals surface area contributed by atoms with Crippen LogP contribution in [0, 0.1) is 5.92 Å². The summed E-state index contributed by atoms with van der Waals surface area (Å²) in [7, 11) is 0. The number of likely N-dealkylation sites (tertiary alicyclic amines) is 1. The Morgan fingerprint density at radius 2 is 1.82 bits per heavy atom. The Labute approximate surface area is 106 Å². The van der Waals surface area contributed by atoms with Crippen LogP contribution in [-0.4, -0.2) is 35.2 Å². The van der Waals surface area contributed by atoms with Gasteiger partial charge in [-0.2, -0.15) is 0 Å². The van der Waals surface area contributed by atoms with Crippen molar-refractivity contribution in [2.45, 2.75) is 76.8 Å². The summed E-state index contributed by atoms with van der Waals surface area (Å²) in [5.41, 5.74) is 0. The van der Waals surface area contributed by atoms with E-state index in [-0.39, 0.29) is 0 Å². The maximum atomic E-state index is 9.23. The third-order valence-electron chi connectivity index (χ3n) is 4.95. The molecule has 0 radical (unpaired) electrons. The summed E-state index contributed by atoms with van der Waals surface area (Å²) in [6.07, 6.45) is 12.1. The zero-order valence-corrected chi connectivity index (χ0v) is 11.4. The second kappa shape index (κ2) is 6.75. The SMILES string of the molecule is CCC1CCCCC1N1CCCCC1CCO. The molecule has 0 aromatic heterocycles. The molecule has 0 aromatic rings. The molecule has 1 N–H and O–H groups in total. The maximum Gasteiger partial charge on any atom is 0.0445 e. The van der Waals surface area contributed by atoms with Crippen LogP contribution < -0.4 is 0 Å². The lowest BCUT2D eigenvalue weighted by Gasteiger charge is -2.46. The monoisotopic (exact) mass is 239 g/mol. The van der Waals surface area contributed by atoms with Crippen LogP contribution in [0.15, 0.2) is 0 Å². The molecule has 3 unspecified atom stereocenters. The first-order chi connectivity index (χ1) is 8.36. The second-order valence-electron chi connectivity index (χ2n) is 5.92. The molecule has 2 heteroatoms. The quantitative estimate of drug-likeness (QED) is 0.814. The van der Waals surface area contributed by atoms with Gasteiger partial charge >= 0.3 is 0 Å². The van der Waals surface area contributed by atoms with E-state index < -0.39 is 0 Å². The number of piperidine rings is 1. The third kappa shape index (κ3) is 3.23. The molecule has 100 valence electrons. The van der Waals surface area contributed by atoms with Gasteiger partial charge in [-0.25, -0.2) is 0 Å². The van der Waals surface area contributed by atoms with Crippen molar-refractivity contribution in [3.8, 4) is 0 Å². The maximum absolute atomic E-state index is 9.23. The fourth-order valence-corrected chi connectivity index (χ4v) is 4.02. The normalized spacial score (nSPS) is 36.0. The lowest BCUT2D eigenvalue weighted by molar-refractivity contribution is 0.0267. The van der Waals surface area contributed by atoms with Gasteiger partial charge < -0.3 is 5.11 Å². The van der Waals surface area contributed by atoms with Crippen molar-refractivity contribution in [3.05, 3.63) is 0 Å². The predicted molar refractivity (Wildman–Crippen MR) is 72.1 cm³/mol. The Bertz CT molecular complexity index is 217. The summed E-state index contributed by atoms with van der Waals surface area (Å²) in [4.78, 5) is 2.77. The summed E-state index contributed by atoms with van der Waals surface area (Å²) in [5, 5.41) is 9.23. The van der Waals surface area contributed by atoms with E-state index in [9.17, 15) is 5.11 Å². The van der Waals surface area contributed by atoms with E-state index in [0.29, 0.717) is 12.6 Å². The van der Waals surface area contributed by atoms with E-state index in [0.717, 1.165) is 18.4 Å². The van der Waals surface area contributed by atoms with Crippen LogP contribution in [0.1, 0.15) is 64.7 Å². The number of aliphatic hydroxyl groups is 1. The van der Waals surface area contributed by atoms with Crippen LogP contribution in [0.4, 0.5) is 0 Å². The van der Waals surface area contributed by atoms with Gasteiger partial charge in [0, 0.05) is 18.7 Å². The number of rotatable bonds is 4. The van der Waals surface area contributed by atoms with E-state index in [2.05, 4.69) is 11.8 Å². The van der Waals surface area contributed by atoms with Crippen molar-refractivity contribution >= 4 is 0 Å². The van der Waals surface area contributed by atoms with E-state index in [1.807, 2.05) is 0 Å². The highest BCUT2D eigenvalue weighted by molar-refractivity contribution is 4.88. The van der Waals surface area contributed by atoms with Crippen LogP contribution in [0.5, 0.6) is 0 Å². The highest BCUT2D eigenvalue weighted by Crippen LogP contribution is 2.34. The number of aliphatic hydroxyl groups excluding tert-OH is 1. The first kappa shape index (κ1) is 13.4. The van der Waals surface area contributed by atoms with Crippen LogP contribution in [0.2, 0.25) is 0 Å². The Morgan fingerprint density at radius 3 is 2.59 bits per heavy atom. The fourth-order valence-electron chi connectivity index (χ4n) is 4.02. The van der Waals surface area contributed by atoms with Gasteiger partial charge in [-0.1, -0.05) is 32.6 Å². The minimum Gasteiger partial charge on any atom is -0.396 e. The molecule has 2 rings (SSSR count). The Hall–Kier alpha value is -0.0800. The molecule has 0 aromatic carbocycles. The molecule has 1 aliphatic carbocycles. The van der Waals surface area contributed by atoms with E-state index in [1.165, 1.54) is 57.9 Å². The van der Waals surface area contributed by atoms with Gasteiger partial charge in [-0.3, -0.25) is 4.90 Å². The Morgan fingerprint density at radius 1 is 1.06 bits per heavy atom. The van der Waals surface area contributed by atoms with Crippen molar-refractivity contribution in [1.82, 2.24) is 4.90 Å². The van der Waals surface area contributed by atoms with Crippen LogP contribution in [0.25, 0.3) is 0 Å². The Balaban J connectivity index is 2.00. The molecule has 0 amide bonds. The zero-order chi connectivity index (χ0) is 12.1. The molecule has 17 heavy (non-hydrogen) atoms. The van der Waals surface area contributed by atoms with Crippen molar-refractivity contribution < 1.29 is 5.11 Å². The smallest absolute Gasteiger partial charge is 0.0445 e. The summed E-state index contributed by atoms with van der Waals surface area (Å²) < 4.78 is 0. The van der Waals surface area contributed by atoms with Crippen molar-refractivity contribution in [2.75, 3.05) is 13.2 Å². The lowest BCUT2D eigenvalue weighted by atomic mass is 9.80. The third-order valence-corrected chi connectivity index (χ3v) is 4.95. The summed E-state index contributed by atoms with van der Waals surface area (Å²) in [6.45, 7) is 4.00. The molecule has 0 spiro atoms. The molecular formula is C15H29NO. The minimum atomic E-state index is 0.366. The average molecular weight is 239 g/mol. The predicted octanol–water partition coefficient (Wildman–Crippen LogP) is 3.19. The number of hydrogen-bond acceptors (Lipinski definition) is 2.